The minimum Gasteiger partial charge on any atom is -0.490 e. The third kappa shape index (κ3) is 4.72. The Morgan fingerprint density at radius 2 is 1.94 bits per heavy atom. The minimum absolute atomic E-state index is 0.0151. The molecule has 1 atom stereocenters. The topological polar surface area (TPSA) is 44.5 Å². The van der Waals surface area contributed by atoms with Crippen LogP contribution in [0.15, 0.2) is 18.2 Å². The summed E-state index contributed by atoms with van der Waals surface area (Å²) in [4.78, 5) is 0. The Morgan fingerprint density at radius 3 is 2.47 bits per heavy atom. The summed E-state index contributed by atoms with van der Waals surface area (Å²) in [5, 5.41) is 1.02. The van der Waals surface area contributed by atoms with Gasteiger partial charge in [0.2, 0.25) is 0 Å². The zero-order chi connectivity index (χ0) is 12.7. The molecule has 0 aromatic heterocycles. The summed E-state index contributed by atoms with van der Waals surface area (Å²) < 4.78 is 11.0. The molecule has 96 valence electrons. The maximum absolute atomic E-state index is 5.97. The van der Waals surface area contributed by atoms with E-state index in [9.17, 15) is 0 Å². The maximum Gasteiger partial charge on any atom is 0.156 e. The number of para-hydroxylation sites is 1. The largest absolute Gasteiger partial charge is 0.490 e. The van der Waals surface area contributed by atoms with Crippen molar-refractivity contribution in [2.75, 3.05) is 19.8 Å². The van der Waals surface area contributed by atoms with Gasteiger partial charge >= 0.3 is 0 Å². The number of benzene rings is 1. The summed E-state index contributed by atoms with van der Waals surface area (Å²) in [5.41, 5.74) is 5.57. The predicted octanol–water partition coefficient (Wildman–Crippen LogP) is 3.13. The van der Waals surface area contributed by atoms with Crippen LogP contribution in [-0.2, 0) is 4.74 Å². The van der Waals surface area contributed by atoms with Crippen LogP contribution in [0.1, 0.15) is 13.3 Å². The molecule has 1 aromatic carbocycles. The molecule has 17 heavy (non-hydrogen) atoms. The summed E-state index contributed by atoms with van der Waals surface area (Å²) >= 11 is 11.9. The summed E-state index contributed by atoms with van der Waals surface area (Å²) in [7, 11) is 0. The van der Waals surface area contributed by atoms with Crippen molar-refractivity contribution in [3.05, 3.63) is 28.2 Å². The quantitative estimate of drug-likeness (QED) is 0.833. The third-order valence-electron chi connectivity index (χ3n) is 2.27. The van der Waals surface area contributed by atoms with E-state index in [4.69, 9.17) is 38.4 Å². The highest BCUT2D eigenvalue weighted by Crippen LogP contribution is 2.32. The standard InChI is InChI=1S/C12H17Cl2NO2/c1-2-16-9(8-15)6-7-17-12-10(13)4-3-5-11(12)14/h3-5,9H,2,6-8,15H2,1H3. The number of hydrogen-bond acceptors (Lipinski definition) is 3. The monoisotopic (exact) mass is 277 g/mol. The van der Waals surface area contributed by atoms with Gasteiger partial charge in [0.05, 0.1) is 22.8 Å². The van der Waals surface area contributed by atoms with Crippen molar-refractivity contribution in [3.8, 4) is 5.75 Å². The highest BCUT2D eigenvalue weighted by atomic mass is 35.5. The average molecular weight is 278 g/mol. The van der Waals surface area contributed by atoms with Crippen LogP contribution in [0.25, 0.3) is 0 Å². The molecule has 0 aliphatic carbocycles. The van der Waals surface area contributed by atoms with Gasteiger partial charge in [0.15, 0.2) is 5.75 Å². The molecule has 1 aromatic rings. The molecule has 0 fully saturated rings. The van der Waals surface area contributed by atoms with Gasteiger partial charge < -0.3 is 15.2 Å². The lowest BCUT2D eigenvalue weighted by Gasteiger charge is -2.16. The Kier molecular flexibility index (Phi) is 6.66. The molecule has 0 aliphatic heterocycles. The van der Waals surface area contributed by atoms with E-state index < -0.39 is 0 Å². The van der Waals surface area contributed by atoms with Crippen molar-refractivity contribution in [2.45, 2.75) is 19.4 Å². The Labute approximate surface area is 112 Å². The first kappa shape index (κ1) is 14.6. The van der Waals surface area contributed by atoms with Crippen molar-refractivity contribution >= 4 is 23.2 Å². The molecule has 1 rings (SSSR count). The van der Waals surface area contributed by atoms with Crippen LogP contribution in [0.4, 0.5) is 0 Å². The Bertz CT molecular complexity index is 327. The van der Waals surface area contributed by atoms with E-state index in [2.05, 4.69) is 0 Å². The Balaban J connectivity index is 2.45. The molecule has 0 aliphatic rings. The number of rotatable bonds is 7. The van der Waals surface area contributed by atoms with Crippen LogP contribution in [0.2, 0.25) is 10.0 Å². The molecule has 0 spiro atoms. The minimum atomic E-state index is 0.0151. The normalized spacial score (nSPS) is 12.5. The molecule has 0 heterocycles. The molecule has 3 nitrogen and oxygen atoms in total. The van der Waals surface area contributed by atoms with E-state index in [1.165, 1.54) is 0 Å². The first-order valence-corrected chi connectivity index (χ1v) is 6.33. The zero-order valence-electron chi connectivity index (χ0n) is 9.79. The second kappa shape index (κ2) is 7.77. The lowest BCUT2D eigenvalue weighted by molar-refractivity contribution is 0.0527. The fraction of sp³-hybridized carbons (Fsp3) is 0.500. The number of ether oxygens (including phenoxy) is 2. The molecule has 2 N–H and O–H groups in total. The first-order chi connectivity index (χ1) is 8.19. The van der Waals surface area contributed by atoms with Gasteiger partial charge in [-0.2, -0.15) is 0 Å². The molecule has 0 bridgehead atoms. The smallest absolute Gasteiger partial charge is 0.156 e. The van der Waals surface area contributed by atoms with Gasteiger partial charge in [-0.3, -0.25) is 0 Å². The van der Waals surface area contributed by atoms with Crippen molar-refractivity contribution in [1.82, 2.24) is 0 Å². The molecule has 0 saturated heterocycles. The second-order valence-corrected chi connectivity index (χ2v) is 4.32. The number of nitrogens with two attached hydrogens (primary N) is 1. The summed E-state index contributed by atoms with van der Waals surface area (Å²) in [5.74, 6) is 0.517. The van der Waals surface area contributed by atoms with Crippen LogP contribution in [0, 0.1) is 0 Å². The van der Waals surface area contributed by atoms with Gasteiger partial charge in [-0.1, -0.05) is 29.3 Å². The average Bonchev–Trinajstić information content (AvgIpc) is 2.31. The maximum atomic E-state index is 5.97. The molecule has 5 heteroatoms. The van der Waals surface area contributed by atoms with Gasteiger partial charge in [-0.15, -0.1) is 0 Å². The van der Waals surface area contributed by atoms with E-state index in [0.717, 1.165) is 0 Å². The fourth-order valence-electron chi connectivity index (χ4n) is 1.42. The molecule has 1 unspecified atom stereocenters. The lowest BCUT2D eigenvalue weighted by atomic mass is 10.2. The van der Waals surface area contributed by atoms with E-state index in [1.54, 1.807) is 18.2 Å². The zero-order valence-corrected chi connectivity index (χ0v) is 11.3. The van der Waals surface area contributed by atoms with Crippen LogP contribution in [0.5, 0.6) is 5.75 Å². The number of halogens is 2. The van der Waals surface area contributed by atoms with Crippen LogP contribution >= 0.6 is 23.2 Å². The van der Waals surface area contributed by atoms with E-state index >= 15 is 0 Å². The molecular formula is C12H17Cl2NO2. The first-order valence-electron chi connectivity index (χ1n) is 5.57. The Morgan fingerprint density at radius 1 is 1.29 bits per heavy atom. The van der Waals surface area contributed by atoms with Gasteiger partial charge in [0.1, 0.15) is 0 Å². The van der Waals surface area contributed by atoms with Crippen LogP contribution in [0.3, 0.4) is 0 Å². The molecule has 0 amide bonds. The van der Waals surface area contributed by atoms with E-state index in [1.807, 2.05) is 6.92 Å². The van der Waals surface area contributed by atoms with Crippen molar-refractivity contribution < 1.29 is 9.47 Å². The van der Waals surface area contributed by atoms with Gasteiger partial charge in [-0.05, 0) is 19.1 Å². The van der Waals surface area contributed by atoms with Crippen LogP contribution in [-0.4, -0.2) is 25.9 Å². The van der Waals surface area contributed by atoms with Crippen molar-refractivity contribution in [1.29, 1.82) is 0 Å². The predicted molar refractivity (Wildman–Crippen MR) is 71.0 cm³/mol. The Hall–Kier alpha value is -0.480. The van der Waals surface area contributed by atoms with Gasteiger partial charge in [0, 0.05) is 19.6 Å². The summed E-state index contributed by atoms with van der Waals surface area (Å²) in [6.45, 7) is 3.54. The van der Waals surface area contributed by atoms with Crippen molar-refractivity contribution in [3.63, 3.8) is 0 Å². The molecule has 0 radical (unpaired) electrons. The highest BCUT2D eigenvalue weighted by Gasteiger charge is 2.09. The van der Waals surface area contributed by atoms with Gasteiger partial charge in [0.25, 0.3) is 0 Å². The van der Waals surface area contributed by atoms with Gasteiger partial charge in [-0.25, -0.2) is 0 Å². The highest BCUT2D eigenvalue weighted by molar-refractivity contribution is 6.37. The van der Waals surface area contributed by atoms with E-state index in [-0.39, 0.29) is 6.10 Å². The SMILES string of the molecule is CCOC(CN)CCOc1c(Cl)cccc1Cl. The lowest BCUT2D eigenvalue weighted by Crippen LogP contribution is -2.25. The number of hydrogen-bond donors (Lipinski definition) is 1. The molecular weight excluding hydrogens is 261 g/mol. The summed E-state index contributed by atoms with van der Waals surface area (Å²) in [6.07, 6.45) is 0.729. The van der Waals surface area contributed by atoms with E-state index in [0.29, 0.717) is 42.0 Å². The second-order valence-electron chi connectivity index (χ2n) is 3.50. The summed E-state index contributed by atoms with van der Waals surface area (Å²) in [6, 6.07) is 5.26. The third-order valence-corrected chi connectivity index (χ3v) is 2.87. The fourth-order valence-corrected chi connectivity index (χ4v) is 1.92. The van der Waals surface area contributed by atoms with Crippen LogP contribution < -0.4 is 10.5 Å². The van der Waals surface area contributed by atoms with Crippen molar-refractivity contribution in [2.24, 2.45) is 5.73 Å². The molecule has 0 saturated carbocycles.